The van der Waals surface area contributed by atoms with Crippen LogP contribution in [0.4, 0.5) is 26.2 Å². The highest BCUT2D eigenvalue weighted by Crippen LogP contribution is 2.32. The minimum absolute atomic E-state index is 0.0225. The van der Waals surface area contributed by atoms with Gasteiger partial charge in [0.15, 0.2) is 5.82 Å². The first-order chi connectivity index (χ1) is 16.7. The number of rotatable bonds is 5. The van der Waals surface area contributed by atoms with E-state index in [1.165, 1.54) is 6.07 Å². The highest BCUT2D eigenvalue weighted by atomic mass is 19.1. The number of hydrogen-bond acceptors (Lipinski definition) is 6. The van der Waals surface area contributed by atoms with Gasteiger partial charge in [0.1, 0.15) is 17.3 Å². The first kappa shape index (κ1) is 22.9. The van der Waals surface area contributed by atoms with Gasteiger partial charge in [0, 0.05) is 29.2 Å². The average molecular weight is 478 g/mol. The predicted molar refractivity (Wildman–Crippen MR) is 130 cm³/mol. The van der Waals surface area contributed by atoms with Crippen LogP contribution in [0.25, 0.3) is 22.2 Å². The summed E-state index contributed by atoms with van der Waals surface area (Å²) in [5.41, 5.74) is 8.30. The Morgan fingerprint density at radius 1 is 1.11 bits per heavy atom. The maximum atomic E-state index is 14.9. The van der Waals surface area contributed by atoms with E-state index in [0.29, 0.717) is 40.9 Å². The second kappa shape index (κ2) is 8.70. The molecule has 1 aliphatic rings. The molecule has 8 nitrogen and oxygen atoms in total. The van der Waals surface area contributed by atoms with Crippen LogP contribution in [-0.2, 0) is 4.79 Å². The SMILES string of the molecule is Cc1cc2c(F)cc(-c3nc(Nc4ccc(N5CCC(N)C5=O)cn4)ncc3F)cc2n1C(C)C. The normalized spacial score (nSPS) is 16.0. The number of carbonyl (C=O) groups is 1. The van der Waals surface area contributed by atoms with E-state index in [4.69, 9.17) is 5.73 Å². The standard InChI is InChI=1S/C25H25F2N7O/c1-13(2)34-14(3)8-17-18(26)9-15(10-21(17)34)23-19(27)12-30-25(32-23)31-22-5-4-16(11-29-22)33-7-6-20(28)24(33)35/h4-5,8-13,20H,6-7,28H2,1-3H3,(H,29,30,31,32). The molecular formula is C25H25F2N7O. The van der Waals surface area contributed by atoms with E-state index in [0.717, 1.165) is 11.9 Å². The second-order valence-corrected chi connectivity index (χ2v) is 8.94. The summed E-state index contributed by atoms with van der Waals surface area (Å²) < 4.78 is 31.7. The first-order valence-electron chi connectivity index (χ1n) is 11.4. The van der Waals surface area contributed by atoms with E-state index in [2.05, 4.69) is 20.3 Å². The Bertz CT molecular complexity index is 1430. The number of amides is 1. The minimum atomic E-state index is -0.666. The van der Waals surface area contributed by atoms with Crippen LogP contribution in [0.2, 0.25) is 0 Å². The molecule has 180 valence electrons. The number of nitrogens with zero attached hydrogens (tertiary/aromatic N) is 5. The van der Waals surface area contributed by atoms with Crippen molar-refractivity contribution in [1.29, 1.82) is 0 Å². The van der Waals surface area contributed by atoms with Crippen molar-refractivity contribution in [2.24, 2.45) is 5.73 Å². The molecule has 1 atom stereocenters. The van der Waals surface area contributed by atoms with Gasteiger partial charge in [0.25, 0.3) is 0 Å². The lowest BCUT2D eigenvalue weighted by Crippen LogP contribution is -2.33. The molecule has 4 aromatic rings. The molecule has 10 heteroatoms. The number of nitrogens with one attached hydrogen (secondary N) is 1. The van der Waals surface area contributed by atoms with Crippen LogP contribution in [-0.4, -0.2) is 38.0 Å². The summed E-state index contributed by atoms with van der Waals surface area (Å²) in [6.07, 6.45) is 3.19. The maximum absolute atomic E-state index is 14.9. The lowest BCUT2D eigenvalue weighted by Gasteiger charge is -2.16. The van der Waals surface area contributed by atoms with Crippen molar-refractivity contribution in [3.63, 3.8) is 0 Å². The molecule has 0 spiro atoms. The van der Waals surface area contributed by atoms with Crippen LogP contribution < -0.4 is 16.0 Å². The van der Waals surface area contributed by atoms with Crippen LogP contribution in [0.5, 0.6) is 0 Å². The van der Waals surface area contributed by atoms with Crippen molar-refractivity contribution in [3.05, 3.63) is 60.1 Å². The van der Waals surface area contributed by atoms with E-state index < -0.39 is 17.7 Å². The Labute approximate surface area is 200 Å². The fourth-order valence-corrected chi connectivity index (χ4v) is 4.56. The fraction of sp³-hybridized carbons (Fsp3) is 0.280. The van der Waals surface area contributed by atoms with Gasteiger partial charge in [-0.05, 0) is 57.5 Å². The van der Waals surface area contributed by atoms with Crippen LogP contribution in [0.3, 0.4) is 0 Å². The number of nitrogens with two attached hydrogens (primary N) is 1. The topological polar surface area (TPSA) is 102 Å². The molecule has 1 saturated heterocycles. The van der Waals surface area contributed by atoms with Crippen LogP contribution in [0, 0.1) is 18.6 Å². The molecule has 1 unspecified atom stereocenters. The van der Waals surface area contributed by atoms with Gasteiger partial charge in [-0.2, -0.15) is 0 Å². The van der Waals surface area contributed by atoms with Crippen molar-refractivity contribution < 1.29 is 13.6 Å². The third-order valence-corrected chi connectivity index (χ3v) is 6.18. The van der Waals surface area contributed by atoms with Gasteiger partial charge >= 0.3 is 0 Å². The zero-order valence-corrected chi connectivity index (χ0v) is 19.6. The van der Waals surface area contributed by atoms with Gasteiger partial charge in [-0.15, -0.1) is 0 Å². The number of aryl methyl sites for hydroxylation is 1. The molecule has 4 heterocycles. The Kier molecular flexibility index (Phi) is 5.68. The van der Waals surface area contributed by atoms with Crippen LogP contribution in [0.15, 0.2) is 42.7 Å². The maximum Gasteiger partial charge on any atom is 0.244 e. The summed E-state index contributed by atoms with van der Waals surface area (Å²) in [6, 6.07) is 7.84. The molecule has 0 aliphatic carbocycles. The van der Waals surface area contributed by atoms with E-state index in [1.54, 1.807) is 35.4 Å². The number of anilines is 3. The summed E-state index contributed by atoms with van der Waals surface area (Å²) in [4.78, 5) is 26.3. The third-order valence-electron chi connectivity index (χ3n) is 6.18. The molecule has 3 aromatic heterocycles. The molecule has 1 amide bonds. The smallest absolute Gasteiger partial charge is 0.244 e. The molecule has 1 aromatic carbocycles. The first-order valence-corrected chi connectivity index (χ1v) is 11.4. The van der Waals surface area contributed by atoms with Crippen LogP contribution in [0.1, 0.15) is 32.0 Å². The fourth-order valence-electron chi connectivity index (χ4n) is 4.56. The number of pyridine rings is 1. The molecule has 35 heavy (non-hydrogen) atoms. The van der Waals surface area contributed by atoms with E-state index >= 15 is 0 Å². The molecule has 0 saturated carbocycles. The largest absolute Gasteiger partial charge is 0.342 e. The van der Waals surface area contributed by atoms with E-state index in [1.807, 2.05) is 25.3 Å². The van der Waals surface area contributed by atoms with Gasteiger partial charge in [0.2, 0.25) is 11.9 Å². The molecule has 1 aliphatic heterocycles. The highest BCUT2D eigenvalue weighted by Gasteiger charge is 2.29. The average Bonchev–Trinajstić information content (AvgIpc) is 3.34. The second-order valence-electron chi connectivity index (χ2n) is 8.94. The Balaban J connectivity index is 1.45. The van der Waals surface area contributed by atoms with Crippen molar-refractivity contribution in [2.45, 2.75) is 39.3 Å². The van der Waals surface area contributed by atoms with Crippen molar-refractivity contribution >= 4 is 34.3 Å². The summed E-state index contributed by atoms with van der Waals surface area (Å²) in [5.74, 6) is -0.728. The zero-order valence-electron chi connectivity index (χ0n) is 19.6. The Hall–Kier alpha value is -3.92. The lowest BCUT2D eigenvalue weighted by atomic mass is 10.1. The molecule has 3 N–H and O–H groups in total. The Morgan fingerprint density at radius 3 is 2.57 bits per heavy atom. The van der Waals surface area contributed by atoms with Crippen LogP contribution >= 0.6 is 0 Å². The van der Waals surface area contributed by atoms with Gasteiger partial charge in [-0.3, -0.25) is 4.79 Å². The summed E-state index contributed by atoms with van der Waals surface area (Å²) in [5, 5.41) is 3.42. The van der Waals surface area contributed by atoms with Crippen molar-refractivity contribution in [2.75, 3.05) is 16.8 Å². The zero-order chi connectivity index (χ0) is 24.9. The van der Waals surface area contributed by atoms with Gasteiger partial charge in [-0.25, -0.2) is 23.7 Å². The quantitative estimate of drug-likeness (QED) is 0.440. The predicted octanol–water partition coefficient (Wildman–Crippen LogP) is 4.47. The highest BCUT2D eigenvalue weighted by molar-refractivity contribution is 5.99. The number of fused-ring (bicyclic) bond motifs is 1. The molecular weight excluding hydrogens is 452 g/mol. The monoisotopic (exact) mass is 477 g/mol. The molecule has 0 radical (unpaired) electrons. The van der Waals surface area contributed by atoms with Crippen molar-refractivity contribution in [3.8, 4) is 11.3 Å². The van der Waals surface area contributed by atoms with Gasteiger partial charge < -0.3 is 20.5 Å². The van der Waals surface area contributed by atoms with E-state index in [9.17, 15) is 13.6 Å². The number of carbonyl (C=O) groups excluding carboxylic acids is 1. The van der Waals surface area contributed by atoms with Gasteiger partial charge in [-0.1, -0.05) is 0 Å². The van der Waals surface area contributed by atoms with E-state index in [-0.39, 0.29) is 23.6 Å². The Morgan fingerprint density at radius 2 is 1.91 bits per heavy atom. The third kappa shape index (κ3) is 4.10. The summed E-state index contributed by atoms with van der Waals surface area (Å²) in [6.45, 7) is 6.48. The minimum Gasteiger partial charge on any atom is -0.342 e. The number of hydrogen-bond donors (Lipinski definition) is 2. The van der Waals surface area contributed by atoms with Crippen molar-refractivity contribution in [1.82, 2.24) is 19.5 Å². The number of benzene rings is 1. The molecule has 1 fully saturated rings. The van der Waals surface area contributed by atoms with Gasteiger partial charge in [0.05, 0.1) is 29.6 Å². The molecule has 0 bridgehead atoms. The summed E-state index contributed by atoms with van der Waals surface area (Å²) >= 11 is 0. The number of aromatic nitrogens is 4. The summed E-state index contributed by atoms with van der Waals surface area (Å²) in [7, 11) is 0. The lowest BCUT2D eigenvalue weighted by molar-refractivity contribution is -0.118. The molecule has 5 rings (SSSR count). The number of halogens is 2.